The summed E-state index contributed by atoms with van der Waals surface area (Å²) in [5.41, 5.74) is 7.36. The average Bonchev–Trinajstić information content (AvgIpc) is 2.74. The second kappa shape index (κ2) is 2.61. The first-order valence-corrected chi connectivity index (χ1v) is 4.96. The van der Waals surface area contributed by atoms with Crippen LogP contribution in [0.25, 0.3) is 0 Å². The van der Waals surface area contributed by atoms with Gasteiger partial charge in [-0.1, -0.05) is 0 Å². The van der Waals surface area contributed by atoms with Gasteiger partial charge in [0, 0.05) is 10.9 Å². The van der Waals surface area contributed by atoms with Crippen molar-refractivity contribution in [3.63, 3.8) is 0 Å². The highest BCUT2D eigenvalue weighted by Gasteiger charge is 2.29. The van der Waals surface area contributed by atoms with Gasteiger partial charge in [0.2, 0.25) is 0 Å². The Kier molecular flexibility index (Phi) is 1.74. The van der Waals surface area contributed by atoms with Crippen LogP contribution in [0.15, 0.2) is 11.4 Å². The number of hydrogen-bond acceptors (Lipinski definition) is 2. The highest BCUT2D eigenvalue weighted by molar-refractivity contribution is 7.10. The van der Waals surface area contributed by atoms with Crippen molar-refractivity contribution in [1.82, 2.24) is 0 Å². The summed E-state index contributed by atoms with van der Waals surface area (Å²) in [6.45, 7) is 2.13. The molecule has 1 atom stereocenters. The molecule has 0 radical (unpaired) electrons. The summed E-state index contributed by atoms with van der Waals surface area (Å²) in [5, 5.41) is 2.19. The molecule has 1 saturated carbocycles. The topological polar surface area (TPSA) is 26.0 Å². The third kappa shape index (κ3) is 1.47. The van der Waals surface area contributed by atoms with Gasteiger partial charge in [0.1, 0.15) is 0 Å². The summed E-state index contributed by atoms with van der Waals surface area (Å²) in [6.07, 6.45) is 2.66. The molecule has 0 bridgehead atoms. The zero-order chi connectivity index (χ0) is 7.84. The lowest BCUT2D eigenvalue weighted by atomic mass is 10.1. The lowest BCUT2D eigenvalue weighted by Gasteiger charge is -2.05. The minimum Gasteiger partial charge on any atom is -0.324 e. The van der Waals surface area contributed by atoms with Gasteiger partial charge >= 0.3 is 0 Å². The largest absolute Gasteiger partial charge is 0.324 e. The van der Waals surface area contributed by atoms with Crippen LogP contribution in [0.2, 0.25) is 0 Å². The van der Waals surface area contributed by atoms with Crippen LogP contribution in [0.5, 0.6) is 0 Å². The summed E-state index contributed by atoms with van der Waals surface area (Å²) < 4.78 is 0. The Morgan fingerprint density at radius 1 is 1.64 bits per heavy atom. The molecule has 0 spiro atoms. The molecule has 1 aliphatic carbocycles. The van der Waals surface area contributed by atoms with Gasteiger partial charge in [-0.2, -0.15) is 0 Å². The van der Waals surface area contributed by atoms with E-state index >= 15 is 0 Å². The van der Waals surface area contributed by atoms with Crippen molar-refractivity contribution in [2.45, 2.75) is 25.8 Å². The molecular formula is C9H13NS. The molecule has 1 heterocycles. The fourth-order valence-electron chi connectivity index (χ4n) is 1.37. The molecule has 0 unspecified atom stereocenters. The van der Waals surface area contributed by atoms with Gasteiger partial charge in [0.25, 0.3) is 0 Å². The summed E-state index contributed by atoms with van der Waals surface area (Å²) >= 11 is 1.80. The van der Waals surface area contributed by atoms with Crippen LogP contribution in [0.3, 0.4) is 0 Å². The van der Waals surface area contributed by atoms with Crippen LogP contribution in [0.4, 0.5) is 0 Å². The molecule has 60 valence electrons. The Balaban J connectivity index is 2.14. The number of hydrogen-bond donors (Lipinski definition) is 1. The normalized spacial score (nSPS) is 20.2. The SMILES string of the molecule is Cc1cc([C@H](N)C2CC2)cs1. The summed E-state index contributed by atoms with van der Waals surface area (Å²) in [4.78, 5) is 1.37. The molecule has 2 heteroatoms. The first-order chi connectivity index (χ1) is 5.27. The van der Waals surface area contributed by atoms with Crippen molar-refractivity contribution < 1.29 is 0 Å². The molecule has 2 N–H and O–H groups in total. The number of rotatable bonds is 2. The van der Waals surface area contributed by atoms with Gasteiger partial charge in [-0.3, -0.25) is 0 Å². The molecule has 1 fully saturated rings. The minimum absolute atomic E-state index is 0.319. The molecule has 11 heavy (non-hydrogen) atoms. The van der Waals surface area contributed by atoms with Gasteiger partial charge in [0.05, 0.1) is 0 Å². The van der Waals surface area contributed by atoms with Gasteiger partial charge in [-0.15, -0.1) is 11.3 Å². The number of nitrogens with two attached hydrogens (primary N) is 1. The van der Waals surface area contributed by atoms with E-state index < -0.39 is 0 Å². The molecule has 1 aromatic heterocycles. The van der Waals surface area contributed by atoms with E-state index in [-0.39, 0.29) is 0 Å². The van der Waals surface area contributed by atoms with Crippen LogP contribution < -0.4 is 5.73 Å². The van der Waals surface area contributed by atoms with Crippen molar-refractivity contribution in [3.05, 3.63) is 21.9 Å². The minimum atomic E-state index is 0.319. The van der Waals surface area contributed by atoms with E-state index in [4.69, 9.17) is 5.73 Å². The maximum atomic E-state index is 6.02. The van der Waals surface area contributed by atoms with E-state index in [2.05, 4.69) is 18.4 Å². The summed E-state index contributed by atoms with van der Waals surface area (Å²) in [7, 11) is 0. The monoisotopic (exact) mass is 167 g/mol. The molecule has 0 aliphatic heterocycles. The quantitative estimate of drug-likeness (QED) is 0.719. The Morgan fingerprint density at radius 2 is 2.36 bits per heavy atom. The van der Waals surface area contributed by atoms with Crippen LogP contribution in [0.1, 0.15) is 29.3 Å². The van der Waals surface area contributed by atoms with Crippen molar-refractivity contribution in [2.75, 3.05) is 0 Å². The molecule has 1 aliphatic rings. The summed E-state index contributed by atoms with van der Waals surface area (Å²) in [5.74, 6) is 0.781. The zero-order valence-corrected chi connectivity index (χ0v) is 7.53. The standard InChI is InChI=1S/C9H13NS/c1-6-4-8(5-11-6)9(10)7-2-3-7/h4-5,7,9H,2-3,10H2,1H3/t9-/m1/s1. The predicted molar refractivity (Wildman–Crippen MR) is 48.7 cm³/mol. The first kappa shape index (κ1) is 7.32. The van der Waals surface area contributed by atoms with Crippen LogP contribution >= 0.6 is 11.3 Å². The predicted octanol–water partition coefficient (Wildman–Crippen LogP) is 2.47. The lowest BCUT2D eigenvalue weighted by Crippen LogP contribution is -2.10. The van der Waals surface area contributed by atoms with Crippen molar-refractivity contribution in [1.29, 1.82) is 0 Å². The van der Waals surface area contributed by atoms with Gasteiger partial charge in [-0.05, 0) is 42.7 Å². The highest BCUT2D eigenvalue weighted by Crippen LogP contribution is 2.40. The fraction of sp³-hybridized carbons (Fsp3) is 0.556. The van der Waals surface area contributed by atoms with Gasteiger partial charge in [-0.25, -0.2) is 0 Å². The Labute approximate surface area is 71.2 Å². The Bertz CT molecular complexity index is 250. The molecule has 0 amide bonds. The average molecular weight is 167 g/mol. The van der Waals surface area contributed by atoms with Crippen molar-refractivity contribution in [2.24, 2.45) is 11.7 Å². The van der Waals surface area contributed by atoms with Gasteiger partial charge < -0.3 is 5.73 Å². The maximum Gasteiger partial charge on any atom is 0.0331 e. The third-order valence-corrected chi connectivity index (χ3v) is 3.15. The van der Waals surface area contributed by atoms with Crippen LogP contribution in [-0.4, -0.2) is 0 Å². The Hall–Kier alpha value is -0.340. The zero-order valence-electron chi connectivity index (χ0n) is 6.71. The molecule has 0 aromatic carbocycles. The summed E-state index contributed by atoms with van der Waals surface area (Å²) in [6, 6.07) is 2.54. The van der Waals surface area contributed by atoms with Crippen molar-refractivity contribution in [3.8, 4) is 0 Å². The third-order valence-electron chi connectivity index (χ3n) is 2.27. The van der Waals surface area contributed by atoms with Crippen LogP contribution in [-0.2, 0) is 0 Å². The number of aryl methyl sites for hydroxylation is 1. The molecule has 1 aromatic rings. The van der Waals surface area contributed by atoms with E-state index in [0.717, 1.165) is 5.92 Å². The van der Waals surface area contributed by atoms with E-state index in [0.29, 0.717) is 6.04 Å². The van der Waals surface area contributed by atoms with Crippen molar-refractivity contribution >= 4 is 11.3 Å². The maximum absolute atomic E-state index is 6.02. The van der Waals surface area contributed by atoms with Crippen LogP contribution in [0, 0.1) is 12.8 Å². The Morgan fingerprint density at radius 3 is 2.82 bits per heavy atom. The number of thiophene rings is 1. The second-order valence-corrected chi connectivity index (χ2v) is 4.47. The first-order valence-electron chi connectivity index (χ1n) is 4.08. The van der Waals surface area contributed by atoms with E-state index in [1.807, 2.05) is 0 Å². The molecular weight excluding hydrogens is 154 g/mol. The second-order valence-electron chi connectivity index (χ2n) is 3.35. The smallest absolute Gasteiger partial charge is 0.0331 e. The van der Waals surface area contributed by atoms with Gasteiger partial charge in [0.15, 0.2) is 0 Å². The molecule has 1 nitrogen and oxygen atoms in total. The molecule has 0 saturated heterocycles. The highest BCUT2D eigenvalue weighted by atomic mass is 32.1. The lowest BCUT2D eigenvalue weighted by molar-refractivity contribution is 0.635. The van der Waals surface area contributed by atoms with E-state index in [1.54, 1.807) is 11.3 Å². The fourth-order valence-corrected chi connectivity index (χ4v) is 2.12. The van der Waals surface area contributed by atoms with E-state index in [1.165, 1.54) is 23.3 Å². The molecule has 2 rings (SSSR count). The van der Waals surface area contributed by atoms with E-state index in [9.17, 15) is 0 Å².